The summed E-state index contributed by atoms with van der Waals surface area (Å²) >= 11 is 1.37. The Bertz CT molecular complexity index is 1740. The molecule has 1 saturated heterocycles. The number of aryl methyl sites for hydroxylation is 1. The molecule has 3 aromatic heterocycles. The van der Waals surface area contributed by atoms with Crippen molar-refractivity contribution in [2.24, 2.45) is 0 Å². The molecule has 11 heteroatoms. The van der Waals surface area contributed by atoms with Gasteiger partial charge in [-0.05, 0) is 66.7 Å². The maximum absolute atomic E-state index is 13.8. The lowest BCUT2D eigenvalue weighted by Crippen LogP contribution is -2.36. The Balaban J connectivity index is 1.68. The van der Waals surface area contributed by atoms with Crippen LogP contribution in [0.4, 0.5) is 0 Å². The third-order valence-corrected chi connectivity index (χ3v) is 11.1. The molecule has 0 bridgehead atoms. The number of aliphatic carboxylic acids is 1. The Labute approximate surface area is 242 Å². The van der Waals surface area contributed by atoms with E-state index in [0.29, 0.717) is 57.8 Å². The first-order valence-electron chi connectivity index (χ1n) is 13.4. The van der Waals surface area contributed by atoms with E-state index in [9.17, 15) is 18.9 Å². The van der Waals surface area contributed by atoms with Crippen molar-refractivity contribution in [3.8, 4) is 16.5 Å². The van der Waals surface area contributed by atoms with Crippen LogP contribution in [0.5, 0.6) is 5.75 Å². The van der Waals surface area contributed by atoms with Crippen LogP contribution in [0.25, 0.3) is 15.6 Å². The first-order valence-corrected chi connectivity index (χ1v) is 16.2. The molecule has 41 heavy (non-hydrogen) atoms. The number of nitrogens with zero attached hydrogens (tertiary/aromatic N) is 2. The molecule has 4 heterocycles. The van der Waals surface area contributed by atoms with Gasteiger partial charge in [0.1, 0.15) is 21.7 Å². The molecule has 1 aromatic carbocycles. The Morgan fingerprint density at radius 2 is 2.02 bits per heavy atom. The zero-order chi connectivity index (χ0) is 29.5. The summed E-state index contributed by atoms with van der Waals surface area (Å²) in [5.41, 5.74) is 0.547. The number of hydrogen-bond acceptors (Lipinski definition) is 8. The van der Waals surface area contributed by atoms with Crippen molar-refractivity contribution in [3.05, 3.63) is 75.5 Å². The summed E-state index contributed by atoms with van der Waals surface area (Å²) in [4.78, 5) is 31.8. The van der Waals surface area contributed by atoms with Gasteiger partial charge in [0.25, 0.3) is 5.56 Å². The summed E-state index contributed by atoms with van der Waals surface area (Å²) in [6.45, 7) is 4.87. The quantitative estimate of drug-likeness (QED) is 0.271. The monoisotopic (exact) mass is 598 g/mol. The average molecular weight is 599 g/mol. The molecule has 1 aliphatic heterocycles. The molecule has 1 aliphatic rings. The molecule has 1 N–H and O–H groups in total. The number of carbonyl (C=O) groups is 1. The molecule has 5 rings (SSSR count). The largest absolute Gasteiger partial charge is 0.496 e. The number of benzene rings is 1. The highest BCUT2D eigenvalue weighted by atomic mass is 32.2. The van der Waals surface area contributed by atoms with Gasteiger partial charge in [-0.3, -0.25) is 18.2 Å². The fourth-order valence-corrected chi connectivity index (χ4v) is 8.05. The van der Waals surface area contributed by atoms with Crippen LogP contribution >= 0.6 is 11.3 Å². The standard InChI is InChI=1S/C30H34N2O7S2/c1-18-25(26-31-12-13-38-26)40-28-19(16-22(27(33)32(18)28)30(2,3)29(34)35)17-24(21-8-6-7-9-23(21)37-4)39-20-10-14-41(5,36)15-11-20/h6-9,12-13,16,20,24H,5,10-11,14-15,17H2,1-4H3,(H,34,35)/t20?,24-,41?/m0/s1. The summed E-state index contributed by atoms with van der Waals surface area (Å²) in [6, 6.07) is 9.32. The van der Waals surface area contributed by atoms with E-state index < -0.39 is 32.6 Å². The number of oxazole rings is 1. The molecule has 0 aliphatic carbocycles. The number of fused-ring (bicyclic) bond motifs is 1. The average Bonchev–Trinajstić information content (AvgIpc) is 3.59. The maximum Gasteiger partial charge on any atom is 0.313 e. The van der Waals surface area contributed by atoms with Crippen molar-refractivity contribution < 1.29 is 28.0 Å². The van der Waals surface area contributed by atoms with Crippen LogP contribution in [0.1, 0.15) is 55.2 Å². The zero-order valence-electron chi connectivity index (χ0n) is 23.5. The molecule has 0 unspecified atom stereocenters. The first kappa shape index (κ1) is 29.1. The lowest BCUT2D eigenvalue weighted by atomic mass is 9.84. The summed E-state index contributed by atoms with van der Waals surface area (Å²) < 4.78 is 32.1. The number of carboxylic acids is 1. The van der Waals surface area contributed by atoms with Gasteiger partial charge >= 0.3 is 5.97 Å². The van der Waals surface area contributed by atoms with Gasteiger partial charge in [0, 0.05) is 34.7 Å². The smallest absolute Gasteiger partial charge is 0.313 e. The number of hydrogen-bond donors (Lipinski definition) is 1. The lowest BCUT2D eigenvalue weighted by Gasteiger charge is -2.30. The molecule has 9 nitrogen and oxygen atoms in total. The number of para-hydroxylation sites is 1. The van der Waals surface area contributed by atoms with E-state index in [1.165, 1.54) is 31.4 Å². The van der Waals surface area contributed by atoms with E-state index in [1.807, 2.05) is 24.3 Å². The van der Waals surface area contributed by atoms with Crippen LogP contribution in [0.15, 0.2) is 52.0 Å². The second kappa shape index (κ2) is 11.1. The topological polar surface area (TPSA) is 120 Å². The van der Waals surface area contributed by atoms with E-state index in [1.54, 1.807) is 30.7 Å². The van der Waals surface area contributed by atoms with Gasteiger partial charge in [0.05, 0.1) is 30.9 Å². The van der Waals surface area contributed by atoms with Crippen LogP contribution in [-0.2, 0) is 30.9 Å². The minimum atomic E-state index is -2.09. The van der Waals surface area contributed by atoms with E-state index in [2.05, 4.69) is 10.9 Å². The molecule has 1 atom stereocenters. The van der Waals surface area contributed by atoms with E-state index in [-0.39, 0.29) is 11.7 Å². The number of thiazole rings is 1. The van der Waals surface area contributed by atoms with Crippen LogP contribution < -0.4 is 10.3 Å². The summed E-state index contributed by atoms with van der Waals surface area (Å²) in [5, 5.41) is 10.1. The fraction of sp³-hybridized carbons (Fsp3) is 0.400. The second-order valence-electron chi connectivity index (χ2n) is 11.0. The fourth-order valence-electron chi connectivity index (χ4n) is 5.26. The second-order valence-corrected chi connectivity index (χ2v) is 14.7. The van der Waals surface area contributed by atoms with Gasteiger partial charge in [0.2, 0.25) is 5.89 Å². The van der Waals surface area contributed by atoms with Crippen molar-refractivity contribution in [2.45, 2.75) is 57.7 Å². The van der Waals surface area contributed by atoms with Crippen LogP contribution in [0.3, 0.4) is 0 Å². The molecule has 218 valence electrons. The first-order chi connectivity index (χ1) is 19.4. The van der Waals surface area contributed by atoms with Gasteiger partial charge in [-0.25, -0.2) is 4.98 Å². The van der Waals surface area contributed by atoms with Gasteiger partial charge in [0.15, 0.2) is 0 Å². The van der Waals surface area contributed by atoms with Crippen molar-refractivity contribution in [1.29, 1.82) is 0 Å². The summed E-state index contributed by atoms with van der Waals surface area (Å²) in [6.07, 6.45) is 4.00. The van der Waals surface area contributed by atoms with Crippen molar-refractivity contribution in [3.63, 3.8) is 0 Å². The number of methoxy groups -OCH3 is 1. The molecule has 0 radical (unpaired) electrons. The number of rotatable bonds is 9. The molecule has 4 aromatic rings. The number of pyridine rings is 1. The molecule has 0 saturated carbocycles. The molecular formula is C30H34N2O7S2. The predicted molar refractivity (Wildman–Crippen MR) is 161 cm³/mol. The van der Waals surface area contributed by atoms with Crippen LogP contribution in [-0.4, -0.2) is 55.3 Å². The van der Waals surface area contributed by atoms with Crippen LogP contribution in [0, 0.1) is 6.92 Å². The van der Waals surface area contributed by atoms with Crippen molar-refractivity contribution >= 4 is 37.5 Å². The summed E-state index contributed by atoms with van der Waals surface area (Å²) in [5.74, 6) is 4.83. The molecular weight excluding hydrogens is 564 g/mol. The van der Waals surface area contributed by atoms with Crippen molar-refractivity contribution in [1.82, 2.24) is 9.38 Å². The SMILES string of the molecule is C=S1(=O)CCC(O[C@@H](Cc2cc(C(C)(C)C(=O)O)c(=O)n3c(C)c(-c4ncco4)sc23)c2ccccc2OC)CC1. The third-order valence-electron chi connectivity index (χ3n) is 7.80. The van der Waals surface area contributed by atoms with Gasteiger partial charge in [-0.15, -0.1) is 11.3 Å². The number of aromatic nitrogens is 2. The zero-order valence-corrected chi connectivity index (χ0v) is 25.2. The Morgan fingerprint density at radius 3 is 2.66 bits per heavy atom. The summed E-state index contributed by atoms with van der Waals surface area (Å²) in [7, 11) is -0.482. The molecule has 0 amide bonds. The highest BCUT2D eigenvalue weighted by Crippen LogP contribution is 2.38. The van der Waals surface area contributed by atoms with E-state index in [4.69, 9.17) is 13.9 Å². The maximum atomic E-state index is 13.8. The highest BCUT2D eigenvalue weighted by Gasteiger charge is 2.35. The van der Waals surface area contributed by atoms with Crippen LogP contribution in [0.2, 0.25) is 0 Å². The van der Waals surface area contributed by atoms with Crippen molar-refractivity contribution in [2.75, 3.05) is 18.6 Å². The van der Waals surface area contributed by atoms with E-state index >= 15 is 0 Å². The third kappa shape index (κ3) is 5.58. The van der Waals surface area contributed by atoms with Gasteiger partial charge < -0.3 is 19.0 Å². The lowest BCUT2D eigenvalue weighted by molar-refractivity contribution is -0.142. The Kier molecular flexibility index (Phi) is 7.88. The predicted octanol–water partition coefficient (Wildman–Crippen LogP) is 4.87. The minimum Gasteiger partial charge on any atom is -0.496 e. The minimum absolute atomic E-state index is 0.133. The molecule has 0 spiro atoms. The normalized spacial score (nSPS) is 20.2. The molecule has 1 fully saturated rings. The highest BCUT2D eigenvalue weighted by molar-refractivity contribution is 8.00. The Morgan fingerprint density at radius 1 is 1.32 bits per heavy atom. The number of carboxylic acid groups (broad SMARTS) is 1. The van der Waals surface area contributed by atoms with Gasteiger partial charge in [-0.1, -0.05) is 18.2 Å². The van der Waals surface area contributed by atoms with E-state index in [0.717, 1.165) is 11.1 Å². The number of ether oxygens (including phenoxy) is 2. The van der Waals surface area contributed by atoms with Gasteiger partial charge in [-0.2, -0.15) is 0 Å². The Hall–Kier alpha value is -3.41.